The molecule has 0 spiro atoms. The summed E-state index contributed by atoms with van der Waals surface area (Å²) in [6, 6.07) is 7.06. The van der Waals surface area contributed by atoms with Crippen molar-refractivity contribution < 1.29 is 14.3 Å². The third kappa shape index (κ3) is 3.57. The Morgan fingerprint density at radius 3 is 2.90 bits per heavy atom. The van der Waals surface area contributed by atoms with Gasteiger partial charge in [-0.3, -0.25) is 9.69 Å². The lowest BCUT2D eigenvalue weighted by molar-refractivity contribution is -0.143. The number of carboxylic acids is 1. The number of aliphatic carboxylic acids is 1. The molecule has 1 fully saturated rings. The summed E-state index contributed by atoms with van der Waals surface area (Å²) in [6.07, 6.45) is 3.21. The average Bonchev–Trinajstić information content (AvgIpc) is 2.46. The van der Waals surface area contributed by atoms with Crippen molar-refractivity contribution in [1.82, 2.24) is 4.90 Å². The Morgan fingerprint density at radius 1 is 1.50 bits per heavy atom. The number of benzene rings is 1. The number of likely N-dealkylation sites (tertiary alicyclic amines) is 1. The molecule has 1 aromatic carbocycles. The minimum atomic E-state index is -0.713. The summed E-state index contributed by atoms with van der Waals surface area (Å²) >= 11 is 0. The van der Waals surface area contributed by atoms with Gasteiger partial charge in [0.25, 0.3) is 0 Å². The Morgan fingerprint density at radius 2 is 2.25 bits per heavy atom. The SMILES string of the molecule is CCC(Cc1ccccc1F)N1CCCC(C(=O)O)C1. The fraction of sp³-hybridized carbons (Fsp3) is 0.562. The molecule has 0 amide bonds. The van der Waals surface area contributed by atoms with Gasteiger partial charge in [-0.1, -0.05) is 25.1 Å². The summed E-state index contributed by atoms with van der Waals surface area (Å²) < 4.78 is 13.7. The highest BCUT2D eigenvalue weighted by Crippen LogP contribution is 2.22. The smallest absolute Gasteiger partial charge is 0.307 e. The summed E-state index contributed by atoms with van der Waals surface area (Å²) in [5, 5.41) is 9.16. The molecule has 0 saturated carbocycles. The van der Waals surface area contributed by atoms with Crippen LogP contribution in [0.1, 0.15) is 31.7 Å². The first-order valence-corrected chi connectivity index (χ1v) is 7.32. The van der Waals surface area contributed by atoms with Gasteiger partial charge < -0.3 is 5.11 Å². The third-order valence-corrected chi connectivity index (χ3v) is 4.20. The number of nitrogens with zero attached hydrogens (tertiary/aromatic N) is 1. The van der Waals surface area contributed by atoms with Crippen LogP contribution in [0.5, 0.6) is 0 Å². The van der Waals surface area contributed by atoms with Crippen molar-refractivity contribution in [3.63, 3.8) is 0 Å². The maximum Gasteiger partial charge on any atom is 0.307 e. The van der Waals surface area contributed by atoms with E-state index in [-0.39, 0.29) is 17.8 Å². The first-order chi connectivity index (χ1) is 9.61. The van der Waals surface area contributed by atoms with E-state index in [0.717, 1.165) is 31.4 Å². The first kappa shape index (κ1) is 15.0. The van der Waals surface area contributed by atoms with Crippen molar-refractivity contribution in [3.8, 4) is 0 Å². The maximum atomic E-state index is 13.7. The van der Waals surface area contributed by atoms with Gasteiger partial charge in [-0.15, -0.1) is 0 Å². The summed E-state index contributed by atoms with van der Waals surface area (Å²) in [4.78, 5) is 13.4. The Hall–Kier alpha value is -1.42. The van der Waals surface area contributed by atoms with Crippen molar-refractivity contribution in [1.29, 1.82) is 0 Å². The topological polar surface area (TPSA) is 40.5 Å². The van der Waals surface area contributed by atoms with Crippen LogP contribution in [0.25, 0.3) is 0 Å². The van der Waals surface area contributed by atoms with Gasteiger partial charge in [0, 0.05) is 12.6 Å². The molecular formula is C16H22FNO2. The van der Waals surface area contributed by atoms with Gasteiger partial charge >= 0.3 is 5.97 Å². The van der Waals surface area contributed by atoms with Crippen LogP contribution in [0.15, 0.2) is 24.3 Å². The van der Waals surface area contributed by atoms with Crippen molar-refractivity contribution in [2.24, 2.45) is 5.92 Å². The van der Waals surface area contributed by atoms with Crippen molar-refractivity contribution in [2.45, 2.75) is 38.6 Å². The predicted octanol–water partition coefficient (Wildman–Crippen LogP) is 2.94. The van der Waals surface area contributed by atoms with Gasteiger partial charge in [-0.2, -0.15) is 0 Å². The molecule has 2 rings (SSSR count). The van der Waals surface area contributed by atoms with Crippen LogP contribution in [-0.2, 0) is 11.2 Å². The van der Waals surface area contributed by atoms with Gasteiger partial charge in [0.05, 0.1) is 5.92 Å². The van der Waals surface area contributed by atoms with E-state index < -0.39 is 5.97 Å². The average molecular weight is 279 g/mol. The van der Waals surface area contributed by atoms with E-state index in [9.17, 15) is 9.18 Å². The molecule has 2 atom stereocenters. The van der Waals surface area contributed by atoms with E-state index in [0.29, 0.717) is 13.0 Å². The summed E-state index contributed by atoms with van der Waals surface area (Å²) in [7, 11) is 0. The molecule has 110 valence electrons. The van der Waals surface area contributed by atoms with Crippen molar-refractivity contribution in [3.05, 3.63) is 35.6 Å². The molecule has 20 heavy (non-hydrogen) atoms. The standard InChI is InChI=1S/C16H22FNO2/c1-2-14(10-12-6-3-4-8-15(12)17)18-9-5-7-13(11-18)16(19)20/h3-4,6,8,13-14H,2,5,7,9-11H2,1H3,(H,19,20). The minimum Gasteiger partial charge on any atom is -0.481 e. The Labute approximate surface area is 119 Å². The van der Waals surface area contributed by atoms with Gasteiger partial charge in [-0.05, 0) is 43.9 Å². The molecule has 1 aliphatic rings. The zero-order valence-corrected chi connectivity index (χ0v) is 11.9. The normalized spacial score (nSPS) is 21.6. The second kappa shape index (κ2) is 6.84. The quantitative estimate of drug-likeness (QED) is 0.901. The second-order valence-electron chi connectivity index (χ2n) is 5.53. The highest BCUT2D eigenvalue weighted by molar-refractivity contribution is 5.70. The van der Waals surface area contributed by atoms with E-state index in [1.54, 1.807) is 6.07 Å². The number of rotatable bonds is 5. The molecule has 2 unspecified atom stereocenters. The third-order valence-electron chi connectivity index (χ3n) is 4.20. The van der Waals surface area contributed by atoms with Crippen molar-refractivity contribution >= 4 is 5.97 Å². The Kier molecular flexibility index (Phi) is 5.12. The van der Waals surface area contributed by atoms with Crippen LogP contribution in [0.4, 0.5) is 4.39 Å². The van der Waals surface area contributed by atoms with E-state index in [1.807, 2.05) is 12.1 Å². The number of hydrogen-bond donors (Lipinski definition) is 1. The lowest BCUT2D eigenvalue weighted by Crippen LogP contribution is -2.45. The zero-order valence-electron chi connectivity index (χ0n) is 11.9. The molecule has 1 saturated heterocycles. The number of halogens is 1. The minimum absolute atomic E-state index is 0.169. The van der Waals surface area contributed by atoms with Crippen molar-refractivity contribution in [2.75, 3.05) is 13.1 Å². The van der Waals surface area contributed by atoms with E-state index in [1.165, 1.54) is 6.07 Å². The highest BCUT2D eigenvalue weighted by atomic mass is 19.1. The number of carboxylic acid groups (broad SMARTS) is 1. The summed E-state index contributed by atoms with van der Waals surface area (Å²) in [5.41, 5.74) is 0.719. The summed E-state index contributed by atoms with van der Waals surface area (Å²) in [6.45, 7) is 3.58. The molecule has 1 heterocycles. The zero-order chi connectivity index (χ0) is 14.5. The molecular weight excluding hydrogens is 257 g/mol. The maximum absolute atomic E-state index is 13.7. The Bertz CT molecular complexity index is 464. The lowest BCUT2D eigenvalue weighted by Gasteiger charge is -2.36. The molecule has 0 radical (unpaired) electrons. The van der Waals surface area contributed by atoms with Crippen LogP contribution in [0.2, 0.25) is 0 Å². The van der Waals surface area contributed by atoms with E-state index >= 15 is 0 Å². The van der Waals surface area contributed by atoms with Crippen LogP contribution in [-0.4, -0.2) is 35.1 Å². The Balaban J connectivity index is 2.04. The molecule has 4 heteroatoms. The van der Waals surface area contributed by atoms with Gasteiger partial charge in [0.2, 0.25) is 0 Å². The first-order valence-electron chi connectivity index (χ1n) is 7.32. The number of hydrogen-bond acceptors (Lipinski definition) is 2. The molecule has 0 bridgehead atoms. The number of piperidine rings is 1. The van der Waals surface area contributed by atoms with Crippen LogP contribution < -0.4 is 0 Å². The molecule has 1 aliphatic heterocycles. The fourth-order valence-electron chi connectivity index (χ4n) is 2.99. The van der Waals surface area contributed by atoms with Gasteiger partial charge in [0.15, 0.2) is 0 Å². The van der Waals surface area contributed by atoms with Gasteiger partial charge in [0.1, 0.15) is 5.82 Å². The second-order valence-corrected chi connectivity index (χ2v) is 5.53. The summed E-state index contributed by atoms with van der Waals surface area (Å²) in [5.74, 6) is -1.16. The molecule has 1 aromatic rings. The monoisotopic (exact) mass is 279 g/mol. The highest BCUT2D eigenvalue weighted by Gasteiger charge is 2.29. The van der Waals surface area contributed by atoms with Crippen LogP contribution >= 0.6 is 0 Å². The van der Waals surface area contributed by atoms with Gasteiger partial charge in [-0.25, -0.2) is 4.39 Å². The molecule has 0 aliphatic carbocycles. The van der Waals surface area contributed by atoms with Crippen LogP contribution in [0.3, 0.4) is 0 Å². The lowest BCUT2D eigenvalue weighted by atomic mass is 9.94. The largest absolute Gasteiger partial charge is 0.481 e. The predicted molar refractivity (Wildman–Crippen MR) is 76.1 cm³/mol. The number of carbonyl (C=O) groups is 1. The molecule has 3 nitrogen and oxygen atoms in total. The fourth-order valence-corrected chi connectivity index (χ4v) is 2.99. The van der Waals surface area contributed by atoms with E-state index in [2.05, 4.69) is 11.8 Å². The van der Waals surface area contributed by atoms with Crippen LogP contribution in [0, 0.1) is 11.7 Å². The molecule has 1 N–H and O–H groups in total. The molecule has 0 aromatic heterocycles. The van der Waals surface area contributed by atoms with E-state index in [4.69, 9.17) is 5.11 Å².